The van der Waals surface area contributed by atoms with Gasteiger partial charge in [-0.25, -0.2) is 30.5 Å². The maximum Gasteiger partial charge on any atom is 0.290 e. The van der Waals surface area contributed by atoms with Crippen LogP contribution in [-0.4, -0.2) is 149 Å². The van der Waals surface area contributed by atoms with Crippen LogP contribution in [0.4, 0.5) is 23.5 Å². The summed E-state index contributed by atoms with van der Waals surface area (Å²) in [6.07, 6.45) is 11.8. The smallest absolute Gasteiger partial charge is 0.290 e. The lowest BCUT2D eigenvalue weighted by molar-refractivity contribution is -0.212. The first-order valence-electron chi connectivity index (χ1n) is 20.4. The zero-order valence-electron chi connectivity index (χ0n) is 34.7. The van der Waals surface area contributed by atoms with E-state index in [4.69, 9.17) is 40.1 Å². The molecule has 0 radical (unpaired) electrons. The highest BCUT2D eigenvalue weighted by Gasteiger charge is 2.47. The molecule has 29 nitrogen and oxygen atoms in total. The van der Waals surface area contributed by atoms with E-state index in [1.165, 1.54) is 11.1 Å². The SMILES string of the molecule is CCn1nnc([C@H]2O[C@@H](n3cnc4c(NC5CCC(Nc6nc(NCCc7cnc[nH]7)nc7nc[nH]c67)CC5)nc(NCCc5cnc[nH]5)nc43)[C@H](O)[C@@H]2O)n1.O=CO.OO/C=C/OO. The van der Waals surface area contributed by atoms with E-state index in [-0.39, 0.29) is 24.4 Å². The standard InChI is InChI=1S/C33H42N20O3.C2H4O4.CH2O2/c1-2-53-50-29(49-51-53)25-23(54)24(55)31(56-25)52-16-42-22-28(47-33(48-30(22)52)37-10-8-20-12-35-14-39-20)44-18-5-3-17(4-6-18)43-27-21-26(41-15-40-21)45-32(46-27)36-9-7-19-11-34-13-38-19;3-5-1-2-6-4;2-1-3/h11-18,23-25,31,54-55H,2-10H2,1H3,(H,34,38)(H,35,39)(H2,37,44,47,48)(H3,36,40,41,43,45,46);1-4H;1H,(H,2,3)/b;2-1+;/t17?,18?,23-,24+,25-,31+;;/m0../s1. The number of H-pyrrole nitrogens is 3. The minimum Gasteiger partial charge on any atom is -0.483 e. The second-order valence-corrected chi connectivity index (χ2v) is 14.4. The monoisotopic (exact) mass is 904 g/mol. The van der Waals surface area contributed by atoms with E-state index in [9.17, 15) is 10.2 Å². The Hall–Kier alpha value is -7.60. The molecule has 0 amide bonds. The van der Waals surface area contributed by atoms with Gasteiger partial charge in [0.15, 0.2) is 53.3 Å². The molecule has 1 aliphatic heterocycles. The summed E-state index contributed by atoms with van der Waals surface area (Å²) in [5.41, 5.74) is 4.27. The first-order valence-corrected chi connectivity index (χ1v) is 20.4. The van der Waals surface area contributed by atoms with Gasteiger partial charge in [0.2, 0.25) is 17.7 Å². The number of anilines is 4. The van der Waals surface area contributed by atoms with Crippen molar-refractivity contribution in [3.05, 3.63) is 67.4 Å². The Morgan fingerprint density at radius 3 is 2.03 bits per heavy atom. The fourth-order valence-corrected chi connectivity index (χ4v) is 7.18. The first-order chi connectivity index (χ1) is 31.8. The number of nitrogens with zero attached hydrogens (tertiary/aromatic N) is 13. The molecule has 0 bridgehead atoms. The largest absolute Gasteiger partial charge is 0.483 e. The van der Waals surface area contributed by atoms with Gasteiger partial charge in [0.1, 0.15) is 17.7 Å². The van der Waals surface area contributed by atoms with Crippen LogP contribution in [0.1, 0.15) is 62.2 Å². The van der Waals surface area contributed by atoms with Crippen molar-refractivity contribution in [2.75, 3.05) is 34.4 Å². The molecular weight excluding hydrogens is 857 g/mol. The Morgan fingerprint density at radius 2 is 1.45 bits per heavy atom. The average molecular weight is 905 g/mol. The number of fused-ring (bicyclic) bond motifs is 2. The summed E-state index contributed by atoms with van der Waals surface area (Å²) in [6.45, 7) is 3.30. The Labute approximate surface area is 367 Å². The number of aliphatic hydroxyl groups is 2. The number of nitrogens with one attached hydrogen (secondary N) is 7. The Bertz CT molecular complexity index is 2540. The van der Waals surface area contributed by atoms with Gasteiger partial charge in [-0.15, -0.1) is 10.2 Å². The van der Waals surface area contributed by atoms with Crippen molar-refractivity contribution in [1.29, 1.82) is 0 Å². The number of hydrogen-bond donors (Lipinski definition) is 12. The zero-order valence-corrected chi connectivity index (χ0v) is 34.7. The highest BCUT2D eigenvalue weighted by Crippen LogP contribution is 2.39. The molecule has 1 aliphatic carbocycles. The number of ether oxygens (including phenoxy) is 1. The van der Waals surface area contributed by atoms with Crippen LogP contribution in [0.25, 0.3) is 22.3 Å². The van der Waals surface area contributed by atoms with Crippen molar-refractivity contribution in [3.8, 4) is 0 Å². The van der Waals surface area contributed by atoms with Gasteiger partial charge in [-0.2, -0.15) is 24.7 Å². The molecule has 7 aromatic heterocycles. The van der Waals surface area contributed by atoms with Gasteiger partial charge in [-0.05, 0) is 37.8 Å². The molecule has 0 aromatic carbocycles. The summed E-state index contributed by atoms with van der Waals surface area (Å²) in [5.74, 6) is 2.31. The molecule has 346 valence electrons. The molecule has 9 rings (SSSR count). The van der Waals surface area contributed by atoms with Gasteiger partial charge in [0.25, 0.3) is 6.47 Å². The molecule has 2 fully saturated rings. The van der Waals surface area contributed by atoms with E-state index in [2.05, 4.69) is 86.3 Å². The highest BCUT2D eigenvalue weighted by molar-refractivity contribution is 5.85. The quantitative estimate of drug-likeness (QED) is 0.0264. The maximum atomic E-state index is 11.2. The third-order valence-corrected chi connectivity index (χ3v) is 10.3. The van der Waals surface area contributed by atoms with Crippen molar-refractivity contribution in [2.45, 2.75) is 88.6 Å². The third-order valence-electron chi connectivity index (χ3n) is 10.3. The normalized spacial score (nSPS) is 20.4. The van der Waals surface area contributed by atoms with Crippen LogP contribution in [0, 0.1) is 0 Å². The van der Waals surface area contributed by atoms with Crippen molar-refractivity contribution < 1.29 is 45.1 Å². The fraction of sp³-hybridized carbons (Fsp3) is 0.444. The number of hydrogen-bond acceptors (Lipinski definition) is 23. The van der Waals surface area contributed by atoms with Crippen LogP contribution in [0.5, 0.6) is 0 Å². The van der Waals surface area contributed by atoms with E-state index in [0.717, 1.165) is 61.5 Å². The summed E-state index contributed by atoms with van der Waals surface area (Å²) in [7, 11) is 0. The minimum atomic E-state index is -1.32. The number of aromatic nitrogens is 16. The van der Waals surface area contributed by atoms with Crippen LogP contribution < -0.4 is 21.3 Å². The van der Waals surface area contributed by atoms with E-state index in [1.807, 2.05) is 6.92 Å². The van der Waals surface area contributed by atoms with Crippen LogP contribution in [0.2, 0.25) is 0 Å². The molecule has 1 saturated heterocycles. The molecule has 0 unspecified atom stereocenters. The first kappa shape index (κ1) is 45.4. The van der Waals surface area contributed by atoms with Crippen LogP contribution in [0.3, 0.4) is 0 Å². The highest BCUT2D eigenvalue weighted by atomic mass is 17.1. The fourth-order valence-electron chi connectivity index (χ4n) is 7.18. The molecule has 29 heteroatoms. The molecule has 65 heavy (non-hydrogen) atoms. The lowest BCUT2D eigenvalue weighted by Gasteiger charge is -2.30. The number of carboxylic acid groups (broad SMARTS) is 1. The van der Waals surface area contributed by atoms with Crippen LogP contribution >= 0.6 is 0 Å². The summed E-state index contributed by atoms with van der Waals surface area (Å²) in [4.78, 5) is 62.0. The van der Waals surface area contributed by atoms with Gasteiger partial charge in [0.05, 0.1) is 31.9 Å². The number of tetrazole rings is 1. The Kier molecular flexibility index (Phi) is 15.5. The van der Waals surface area contributed by atoms with Crippen LogP contribution in [-0.2, 0) is 38.7 Å². The van der Waals surface area contributed by atoms with Crippen molar-refractivity contribution in [1.82, 2.24) is 79.6 Å². The van der Waals surface area contributed by atoms with E-state index >= 15 is 0 Å². The topological polar surface area (TPSA) is 393 Å². The molecule has 4 atom stereocenters. The molecule has 7 aromatic rings. The lowest BCUT2D eigenvalue weighted by Crippen LogP contribution is -2.33. The Balaban J connectivity index is 0.000000641. The zero-order chi connectivity index (χ0) is 45.5. The lowest BCUT2D eigenvalue weighted by atomic mass is 9.91. The van der Waals surface area contributed by atoms with E-state index in [0.29, 0.717) is 66.4 Å². The predicted octanol–water partition coefficient (Wildman–Crippen LogP) is 1.22. The summed E-state index contributed by atoms with van der Waals surface area (Å²) in [5, 5.41) is 70.1. The van der Waals surface area contributed by atoms with Crippen molar-refractivity contribution in [3.63, 3.8) is 0 Å². The minimum absolute atomic E-state index is 0.0956. The van der Waals surface area contributed by atoms with E-state index in [1.54, 1.807) is 35.9 Å². The second kappa shape index (κ2) is 22.2. The maximum absolute atomic E-state index is 11.2. The molecule has 1 saturated carbocycles. The molecule has 12 N–H and O–H groups in total. The molecular formula is C36H48N20O9. The molecule has 8 heterocycles. The number of rotatable bonds is 17. The van der Waals surface area contributed by atoms with E-state index < -0.39 is 24.5 Å². The van der Waals surface area contributed by atoms with Gasteiger partial charge in [-0.3, -0.25) is 9.36 Å². The number of aromatic amines is 3. The predicted molar refractivity (Wildman–Crippen MR) is 225 cm³/mol. The number of aryl methyl sites for hydroxylation is 1. The number of carbonyl (C=O) groups is 1. The van der Waals surface area contributed by atoms with Gasteiger partial charge >= 0.3 is 0 Å². The van der Waals surface area contributed by atoms with Crippen molar-refractivity contribution >= 4 is 52.3 Å². The average Bonchev–Trinajstić information content (AvgIpc) is 4.19. The third kappa shape index (κ3) is 11.3. The molecule has 0 spiro atoms. The second-order valence-electron chi connectivity index (χ2n) is 14.4. The summed E-state index contributed by atoms with van der Waals surface area (Å²) in [6, 6.07) is 0.267. The summed E-state index contributed by atoms with van der Waals surface area (Å²) < 4.78 is 7.78. The number of imidazole rings is 4. The van der Waals surface area contributed by atoms with Crippen molar-refractivity contribution in [2.24, 2.45) is 0 Å². The summed E-state index contributed by atoms with van der Waals surface area (Å²) >= 11 is 0. The van der Waals surface area contributed by atoms with Crippen LogP contribution in [0.15, 0.2) is 50.2 Å². The van der Waals surface area contributed by atoms with Gasteiger partial charge < -0.3 is 66.1 Å². The Morgan fingerprint density at radius 1 is 0.831 bits per heavy atom. The van der Waals surface area contributed by atoms with Gasteiger partial charge in [-0.1, -0.05) is 0 Å². The molecule has 2 aliphatic rings. The number of aliphatic hydroxyl groups excluding tert-OH is 2. The van der Waals surface area contributed by atoms with Gasteiger partial charge in [0, 0.05) is 61.8 Å².